The Morgan fingerprint density at radius 3 is 2.33 bits per heavy atom. The summed E-state index contributed by atoms with van der Waals surface area (Å²) in [6, 6.07) is 6.27. The van der Waals surface area contributed by atoms with E-state index < -0.39 is 34.8 Å². The van der Waals surface area contributed by atoms with Gasteiger partial charge in [0.15, 0.2) is 0 Å². The molecular weight excluding hydrogens is 481 g/mol. The van der Waals surface area contributed by atoms with Gasteiger partial charge in [0.05, 0.1) is 17.9 Å². The Labute approximate surface area is 186 Å². The lowest BCUT2D eigenvalue weighted by molar-refractivity contribution is -0.343. The zero-order valence-electron chi connectivity index (χ0n) is 16.9. The highest BCUT2D eigenvalue weighted by molar-refractivity contribution is 7.17. The number of halogens is 7. The van der Waals surface area contributed by atoms with Crippen molar-refractivity contribution in [2.24, 2.45) is 0 Å². The molecule has 1 aromatic heterocycles. The minimum atomic E-state index is -6.66. The van der Waals surface area contributed by atoms with Crippen LogP contribution in [0.3, 0.4) is 0 Å². The van der Waals surface area contributed by atoms with E-state index in [4.69, 9.17) is 4.74 Å². The Morgan fingerprint density at radius 1 is 1.03 bits per heavy atom. The fourth-order valence-corrected chi connectivity index (χ4v) is 4.55. The third kappa shape index (κ3) is 4.50. The molecule has 1 aliphatic rings. The molecule has 0 unspecified atom stereocenters. The van der Waals surface area contributed by atoms with E-state index in [0.717, 1.165) is 0 Å². The minimum Gasteiger partial charge on any atom is -0.492 e. The van der Waals surface area contributed by atoms with Crippen LogP contribution in [0.25, 0.3) is 0 Å². The second-order valence-electron chi connectivity index (χ2n) is 7.05. The number of ether oxygens (including phenoxy) is 1. The Morgan fingerprint density at radius 2 is 1.70 bits per heavy atom. The van der Waals surface area contributed by atoms with Gasteiger partial charge in [-0.05, 0) is 43.9 Å². The molecule has 0 saturated heterocycles. The molecule has 3 rings (SSSR count). The summed E-state index contributed by atoms with van der Waals surface area (Å²) in [4.78, 5) is 25.4. The topological polar surface area (TPSA) is 67.4 Å². The molecule has 1 aromatic carbocycles. The molecule has 1 aliphatic carbocycles. The molecule has 0 fully saturated rings. The zero-order chi connectivity index (χ0) is 24.6. The van der Waals surface area contributed by atoms with Crippen LogP contribution in [0.2, 0.25) is 0 Å². The van der Waals surface area contributed by atoms with Gasteiger partial charge in [-0.2, -0.15) is 30.7 Å². The minimum absolute atomic E-state index is 0.216. The van der Waals surface area contributed by atoms with Crippen LogP contribution < -0.4 is 15.4 Å². The number of fused-ring (bicyclic) bond motifs is 1. The van der Waals surface area contributed by atoms with Crippen LogP contribution in [0.1, 0.15) is 34.1 Å². The molecule has 33 heavy (non-hydrogen) atoms. The first-order chi connectivity index (χ1) is 15.3. The van der Waals surface area contributed by atoms with Crippen molar-refractivity contribution in [3.63, 3.8) is 0 Å². The molecule has 5 nitrogen and oxygen atoms in total. The van der Waals surface area contributed by atoms with Crippen LogP contribution in [0.15, 0.2) is 24.3 Å². The third-order valence-electron chi connectivity index (χ3n) is 4.85. The van der Waals surface area contributed by atoms with Gasteiger partial charge in [0.1, 0.15) is 10.8 Å². The summed E-state index contributed by atoms with van der Waals surface area (Å²) < 4.78 is 96.8. The number of anilines is 2. The van der Waals surface area contributed by atoms with E-state index in [9.17, 15) is 40.3 Å². The van der Waals surface area contributed by atoms with Crippen LogP contribution in [-0.4, -0.2) is 36.4 Å². The summed E-state index contributed by atoms with van der Waals surface area (Å²) in [5, 5.41) is 3.40. The molecule has 0 saturated carbocycles. The maximum Gasteiger partial charge on any atom is 0.460 e. The number of thiophene rings is 1. The van der Waals surface area contributed by atoms with Crippen molar-refractivity contribution in [1.82, 2.24) is 0 Å². The lowest BCUT2D eigenvalue weighted by Gasteiger charge is -2.27. The maximum absolute atomic E-state index is 13.8. The number of hydrogen-bond acceptors (Lipinski definition) is 4. The summed E-state index contributed by atoms with van der Waals surface area (Å²) >= 11 is 0.681. The average molecular weight is 498 g/mol. The number of aryl methyl sites for hydroxylation is 1. The molecule has 2 N–H and O–H groups in total. The van der Waals surface area contributed by atoms with Gasteiger partial charge in [-0.1, -0.05) is 12.1 Å². The molecular formula is C20H17F7N2O3S. The van der Waals surface area contributed by atoms with Crippen molar-refractivity contribution in [2.75, 3.05) is 17.2 Å². The first-order valence-corrected chi connectivity index (χ1v) is 10.4. The molecule has 180 valence electrons. The van der Waals surface area contributed by atoms with Gasteiger partial charge < -0.3 is 15.4 Å². The van der Waals surface area contributed by atoms with Gasteiger partial charge in [0.25, 0.3) is 5.91 Å². The molecule has 0 bridgehead atoms. The molecule has 13 heteroatoms. The molecule has 0 spiro atoms. The predicted molar refractivity (Wildman–Crippen MR) is 106 cm³/mol. The number of alkyl halides is 7. The summed E-state index contributed by atoms with van der Waals surface area (Å²) in [5.41, 5.74) is 0.361. The largest absolute Gasteiger partial charge is 0.492 e. The molecule has 2 amide bonds. The number of carbonyl (C=O) groups is 2. The standard InChI is InChI=1S/C20H17F7N2O3S/c1-2-32-12-8-4-3-7-11(12)28-15(30)14-10-6-5-9-13(10)33-16(14)29-17(31)18(21,22)19(23,24)20(25,26)27/h3-4,7-8H,2,5-6,9H2,1H3,(H,28,30)(H,29,31). The first kappa shape index (κ1) is 24.8. The van der Waals surface area contributed by atoms with E-state index >= 15 is 0 Å². The Kier molecular flexibility index (Phi) is 6.65. The fraction of sp³-hybridized carbons (Fsp3) is 0.400. The van der Waals surface area contributed by atoms with Crippen LogP contribution in [0.5, 0.6) is 5.75 Å². The van der Waals surface area contributed by atoms with Crippen molar-refractivity contribution < 1.29 is 45.1 Å². The van der Waals surface area contributed by atoms with E-state index in [1.54, 1.807) is 25.1 Å². The highest BCUT2D eigenvalue weighted by Crippen LogP contribution is 2.48. The third-order valence-corrected chi connectivity index (χ3v) is 6.05. The van der Waals surface area contributed by atoms with Crippen molar-refractivity contribution >= 4 is 33.8 Å². The molecule has 2 aromatic rings. The van der Waals surface area contributed by atoms with Crippen LogP contribution in [0.4, 0.5) is 41.4 Å². The average Bonchev–Trinajstić information content (AvgIpc) is 3.29. The summed E-state index contributed by atoms with van der Waals surface area (Å²) in [5.74, 6) is -16.1. The van der Waals surface area contributed by atoms with Crippen LogP contribution in [0, 0.1) is 0 Å². The Bertz CT molecular complexity index is 1070. The molecule has 1 heterocycles. The molecule has 0 radical (unpaired) electrons. The quantitative estimate of drug-likeness (QED) is 0.485. The number of nitrogens with one attached hydrogen (secondary N) is 2. The summed E-state index contributed by atoms with van der Waals surface area (Å²) in [6.45, 7) is 1.97. The van der Waals surface area contributed by atoms with Gasteiger partial charge in [0.2, 0.25) is 0 Å². The highest BCUT2D eigenvalue weighted by Gasteiger charge is 2.76. The molecule has 0 aliphatic heterocycles. The second kappa shape index (κ2) is 8.84. The monoisotopic (exact) mass is 498 g/mol. The predicted octanol–water partition coefficient (Wildman–Crippen LogP) is 5.66. The lowest BCUT2D eigenvalue weighted by atomic mass is 10.1. The number of amides is 2. The van der Waals surface area contributed by atoms with E-state index in [1.165, 1.54) is 11.4 Å². The number of carbonyl (C=O) groups excluding carboxylic acids is 2. The number of benzene rings is 1. The fourth-order valence-electron chi connectivity index (χ4n) is 3.27. The maximum atomic E-state index is 13.8. The van der Waals surface area contributed by atoms with Crippen molar-refractivity contribution in [2.45, 2.75) is 44.2 Å². The van der Waals surface area contributed by atoms with Gasteiger partial charge >= 0.3 is 23.9 Å². The van der Waals surface area contributed by atoms with Crippen LogP contribution >= 0.6 is 11.3 Å². The Hall–Kier alpha value is -2.83. The van der Waals surface area contributed by atoms with Gasteiger partial charge in [0, 0.05) is 4.88 Å². The first-order valence-electron chi connectivity index (χ1n) is 9.62. The number of rotatable bonds is 7. The summed E-state index contributed by atoms with van der Waals surface area (Å²) in [6.07, 6.45) is -5.27. The van der Waals surface area contributed by atoms with E-state index in [-0.39, 0.29) is 17.9 Å². The second-order valence-corrected chi connectivity index (χ2v) is 8.15. The van der Waals surface area contributed by atoms with Gasteiger partial charge in [-0.3, -0.25) is 9.59 Å². The van der Waals surface area contributed by atoms with Gasteiger partial charge in [-0.15, -0.1) is 11.3 Å². The smallest absolute Gasteiger partial charge is 0.460 e. The van der Waals surface area contributed by atoms with E-state index in [2.05, 4.69) is 5.32 Å². The normalized spacial score (nSPS) is 14.1. The van der Waals surface area contributed by atoms with E-state index in [0.29, 0.717) is 46.8 Å². The number of hydrogen-bond donors (Lipinski definition) is 2. The van der Waals surface area contributed by atoms with E-state index in [1.807, 2.05) is 0 Å². The highest BCUT2D eigenvalue weighted by atomic mass is 32.1. The molecule has 0 atom stereocenters. The SMILES string of the molecule is CCOc1ccccc1NC(=O)c1c(NC(=O)C(F)(F)C(F)(F)C(F)(F)F)sc2c1CCC2. The van der Waals surface area contributed by atoms with Crippen molar-refractivity contribution in [1.29, 1.82) is 0 Å². The Balaban J connectivity index is 1.93. The van der Waals surface area contributed by atoms with Crippen molar-refractivity contribution in [3.05, 3.63) is 40.3 Å². The zero-order valence-corrected chi connectivity index (χ0v) is 17.7. The van der Waals surface area contributed by atoms with Crippen molar-refractivity contribution in [3.8, 4) is 5.75 Å². The van der Waals surface area contributed by atoms with Crippen LogP contribution in [-0.2, 0) is 17.6 Å². The lowest BCUT2D eigenvalue weighted by Crippen LogP contribution is -2.57. The summed E-state index contributed by atoms with van der Waals surface area (Å²) in [7, 11) is 0. The van der Waals surface area contributed by atoms with Gasteiger partial charge in [-0.25, -0.2) is 0 Å². The number of para-hydroxylation sites is 2.